The van der Waals surface area contributed by atoms with Crippen molar-refractivity contribution in [1.82, 2.24) is 5.32 Å². The Morgan fingerprint density at radius 2 is 2.35 bits per heavy atom. The van der Waals surface area contributed by atoms with E-state index in [1.54, 1.807) is 0 Å². The second-order valence-corrected chi connectivity index (χ2v) is 5.66. The summed E-state index contributed by atoms with van der Waals surface area (Å²) >= 11 is 1.97. The molecule has 0 amide bonds. The molecule has 2 nitrogen and oxygen atoms in total. The number of hydrogen-bond acceptors (Lipinski definition) is 3. The van der Waals surface area contributed by atoms with Gasteiger partial charge in [0.15, 0.2) is 0 Å². The number of hydrogen-bond donors (Lipinski definition) is 2. The van der Waals surface area contributed by atoms with Gasteiger partial charge < -0.3 is 10.4 Å². The van der Waals surface area contributed by atoms with Crippen LogP contribution in [0.4, 0.5) is 0 Å². The maximum absolute atomic E-state index is 8.92. The van der Waals surface area contributed by atoms with Crippen LogP contribution in [0, 0.1) is 0 Å². The van der Waals surface area contributed by atoms with Crippen LogP contribution in [-0.2, 0) is 6.42 Å². The van der Waals surface area contributed by atoms with Crippen molar-refractivity contribution in [3.63, 3.8) is 0 Å². The van der Waals surface area contributed by atoms with Crippen molar-refractivity contribution in [1.29, 1.82) is 0 Å². The van der Waals surface area contributed by atoms with Crippen molar-refractivity contribution in [3.8, 4) is 0 Å². The minimum Gasteiger partial charge on any atom is -0.396 e. The SMILES string of the molecule is CNC(CCCO)c1ccc2c(c1)CCCS2. The summed E-state index contributed by atoms with van der Waals surface area (Å²) in [4.78, 5) is 1.46. The van der Waals surface area contributed by atoms with Gasteiger partial charge in [-0.1, -0.05) is 12.1 Å². The normalized spacial score (nSPS) is 16.6. The first-order chi connectivity index (χ1) is 8.35. The number of aliphatic hydroxyl groups excluding tert-OH is 1. The Morgan fingerprint density at radius 1 is 1.47 bits per heavy atom. The Balaban J connectivity index is 2.13. The molecule has 1 atom stereocenters. The Hall–Kier alpha value is -0.510. The highest BCUT2D eigenvalue weighted by Gasteiger charge is 2.14. The topological polar surface area (TPSA) is 32.3 Å². The molecule has 1 unspecified atom stereocenters. The van der Waals surface area contributed by atoms with E-state index in [-0.39, 0.29) is 6.61 Å². The maximum atomic E-state index is 8.92. The van der Waals surface area contributed by atoms with Crippen molar-refractivity contribution in [2.24, 2.45) is 0 Å². The van der Waals surface area contributed by atoms with Crippen molar-refractivity contribution in [2.75, 3.05) is 19.4 Å². The van der Waals surface area contributed by atoms with Gasteiger partial charge >= 0.3 is 0 Å². The fourth-order valence-corrected chi connectivity index (χ4v) is 3.39. The molecule has 2 rings (SSSR count). The lowest BCUT2D eigenvalue weighted by Crippen LogP contribution is -2.17. The van der Waals surface area contributed by atoms with Crippen LogP contribution < -0.4 is 5.32 Å². The molecule has 94 valence electrons. The third-order valence-corrected chi connectivity index (χ3v) is 4.54. The molecule has 1 aliphatic heterocycles. The van der Waals surface area contributed by atoms with E-state index in [4.69, 9.17) is 5.11 Å². The highest BCUT2D eigenvalue weighted by Crippen LogP contribution is 2.32. The van der Waals surface area contributed by atoms with Crippen molar-refractivity contribution in [2.45, 2.75) is 36.6 Å². The summed E-state index contributed by atoms with van der Waals surface area (Å²) in [6.07, 6.45) is 4.37. The van der Waals surface area contributed by atoms with Crippen LogP contribution in [0.15, 0.2) is 23.1 Å². The molecule has 2 N–H and O–H groups in total. The third kappa shape index (κ3) is 3.24. The van der Waals surface area contributed by atoms with Crippen LogP contribution in [0.1, 0.15) is 36.4 Å². The van der Waals surface area contributed by atoms with Crippen molar-refractivity contribution in [3.05, 3.63) is 29.3 Å². The van der Waals surface area contributed by atoms with Gasteiger partial charge in [0.25, 0.3) is 0 Å². The summed E-state index contributed by atoms with van der Waals surface area (Å²) in [6, 6.07) is 7.22. The Bertz CT molecular complexity index is 367. The minimum absolute atomic E-state index is 0.277. The number of fused-ring (bicyclic) bond motifs is 1. The molecule has 0 fully saturated rings. The molecular formula is C14H21NOS. The summed E-state index contributed by atoms with van der Waals surface area (Å²) < 4.78 is 0. The predicted molar refractivity (Wildman–Crippen MR) is 73.6 cm³/mol. The molecule has 0 spiro atoms. The first-order valence-corrected chi connectivity index (χ1v) is 7.37. The average Bonchev–Trinajstić information content (AvgIpc) is 2.39. The fourth-order valence-electron chi connectivity index (χ4n) is 2.37. The van der Waals surface area contributed by atoms with Gasteiger partial charge in [-0.2, -0.15) is 0 Å². The molecule has 0 saturated heterocycles. The van der Waals surface area contributed by atoms with Gasteiger partial charge in [0, 0.05) is 17.5 Å². The fraction of sp³-hybridized carbons (Fsp3) is 0.571. The number of thioether (sulfide) groups is 1. The van der Waals surface area contributed by atoms with Crippen LogP contribution in [0.3, 0.4) is 0 Å². The number of aryl methyl sites for hydroxylation is 1. The number of benzene rings is 1. The molecule has 0 bridgehead atoms. The standard InChI is InChI=1S/C14H21NOS/c1-15-13(5-2-8-16)11-6-7-14-12(10-11)4-3-9-17-14/h6-7,10,13,15-16H,2-5,8-9H2,1H3. The lowest BCUT2D eigenvalue weighted by molar-refractivity contribution is 0.276. The van der Waals surface area contributed by atoms with Gasteiger partial charge in [-0.3, -0.25) is 0 Å². The van der Waals surface area contributed by atoms with E-state index < -0.39 is 0 Å². The molecule has 1 aromatic rings. The zero-order valence-electron chi connectivity index (χ0n) is 10.4. The van der Waals surface area contributed by atoms with Crippen molar-refractivity contribution < 1.29 is 5.11 Å². The molecular weight excluding hydrogens is 230 g/mol. The third-order valence-electron chi connectivity index (χ3n) is 3.33. The number of rotatable bonds is 5. The van der Waals surface area contributed by atoms with Crippen LogP contribution in [0.25, 0.3) is 0 Å². The summed E-state index contributed by atoms with van der Waals surface area (Å²) in [5.41, 5.74) is 2.87. The minimum atomic E-state index is 0.277. The predicted octanol–water partition coefficient (Wildman–Crippen LogP) is 2.76. The van der Waals surface area contributed by atoms with Gasteiger partial charge in [0.2, 0.25) is 0 Å². The van der Waals surface area contributed by atoms with Gasteiger partial charge in [0.1, 0.15) is 0 Å². The number of nitrogens with one attached hydrogen (secondary N) is 1. The van der Waals surface area contributed by atoms with E-state index in [2.05, 4.69) is 23.5 Å². The lowest BCUT2D eigenvalue weighted by Gasteiger charge is -2.20. The first-order valence-electron chi connectivity index (χ1n) is 6.39. The van der Waals surface area contributed by atoms with E-state index in [1.165, 1.54) is 34.6 Å². The van der Waals surface area contributed by atoms with E-state index >= 15 is 0 Å². The lowest BCUT2D eigenvalue weighted by atomic mass is 9.98. The van der Waals surface area contributed by atoms with Gasteiger partial charge in [-0.15, -0.1) is 11.8 Å². The van der Waals surface area contributed by atoms with E-state index in [0.717, 1.165) is 12.8 Å². The summed E-state index contributed by atoms with van der Waals surface area (Å²) in [7, 11) is 2.00. The second kappa shape index (κ2) is 6.43. The second-order valence-electron chi connectivity index (χ2n) is 4.53. The Morgan fingerprint density at radius 3 is 3.12 bits per heavy atom. The maximum Gasteiger partial charge on any atom is 0.0431 e. The highest BCUT2D eigenvalue weighted by molar-refractivity contribution is 7.99. The van der Waals surface area contributed by atoms with Gasteiger partial charge in [-0.25, -0.2) is 0 Å². The Labute approximate surface area is 108 Å². The molecule has 1 heterocycles. The highest BCUT2D eigenvalue weighted by atomic mass is 32.2. The monoisotopic (exact) mass is 251 g/mol. The first kappa shape index (κ1) is 12.9. The molecule has 1 aliphatic rings. The average molecular weight is 251 g/mol. The molecule has 0 aromatic heterocycles. The molecule has 0 aliphatic carbocycles. The quantitative estimate of drug-likeness (QED) is 0.844. The molecule has 17 heavy (non-hydrogen) atoms. The molecule has 0 radical (unpaired) electrons. The van der Waals surface area contributed by atoms with Gasteiger partial charge in [-0.05, 0) is 55.7 Å². The summed E-state index contributed by atoms with van der Waals surface area (Å²) in [6.45, 7) is 0.277. The molecule has 3 heteroatoms. The van der Waals surface area contributed by atoms with Crippen molar-refractivity contribution >= 4 is 11.8 Å². The summed E-state index contributed by atoms with van der Waals surface area (Å²) in [5.74, 6) is 1.26. The van der Waals surface area contributed by atoms with E-state index in [9.17, 15) is 0 Å². The molecule has 0 saturated carbocycles. The van der Waals surface area contributed by atoms with Crippen LogP contribution in [-0.4, -0.2) is 24.5 Å². The smallest absolute Gasteiger partial charge is 0.0431 e. The summed E-state index contributed by atoms with van der Waals surface area (Å²) in [5, 5.41) is 12.3. The van der Waals surface area contributed by atoms with Crippen LogP contribution >= 0.6 is 11.8 Å². The van der Waals surface area contributed by atoms with E-state index in [1.807, 2.05) is 18.8 Å². The van der Waals surface area contributed by atoms with Gasteiger partial charge in [0.05, 0.1) is 0 Å². The van der Waals surface area contributed by atoms with Crippen LogP contribution in [0.5, 0.6) is 0 Å². The zero-order chi connectivity index (χ0) is 12.1. The number of aliphatic hydroxyl groups is 1. The Kier molecular flexibility index (Phi) is 4.89. The van der Waals surface area contributed by atoms with Crippen LogP contribution in [0.2, 0.25) is 0 Å². The molecule has 1 aromatic carbocycles. The zero-order valence-corrected chi connectivity index (χ0v) is 11.2. The van der Waals surface area contributed by atoms with E-state index in [0.29, 0.717) is 6.04 Å². The largest absolute Gasteiger partial charge is 0.396 e.